The van der Waals surface area contributed by atoms with Crippen LogP contribution in [0.4, 0.5) is 10.5 Å². The molecular weight excluding hydrogens is 308 g/mol. The Kier molecular flexibility index (Phi) is 4.78. The second kappa shape index (κ2) is 7.15. The molecule has 5 heteroatoms. The van der Waals surface area contributed by atoms with E-state index in [1.54, 1.807) is 23.9 Å². The van der Waals surface area contributed by atoms with Crippen LogP contribution in [0.2, 0.25) is 0 Å². The van der Waals surface area contributed by atoms with E-state index in [0.717, 1.165) is 23.2 Å². The van der Waals surface area contributed by atoms with Crippen LogP contribution in [0.3, 0.4) is 0 Å². The number of hydrogen-bond acceptors (Lipinski definition) is 3. The molecule has 2 amide bonds. The summed E-state index contributed by atoms with van der Waals surface area (Å²) in [5, 5.41) is 5.75. The highest BCUT2D eigenvalue weighted by atomic mass is 32.1. The van der Waals surface area contributed by atoms with E-state index in [0.29, 0.717) is 6.54 Å². The van der Waals surface area contributed by atoms with Crippen molar-refractivity contribution in [1.29, 1.82) is 0 Å². The van der Waals surface area contributed by atoms with Gasteiger partial charge in [0, 0.05) is 27.5 Å². The molecule has 0 aliphatic carbocycles. The molecule has 0 fully saturated rings. The van der Waals surface area contributed by atoms with Crippen LogP contribution < -0.4 is 10.6 Å². The Bertz CT molecular complexity index is 778. The van der Waals surface area contributed by atoms with Gasteiger partial charge in [0.15, 0.2) is 0 Å². The molecule has 0 spiro atoms. The minimum Gasteiger partial charge on any atom is -0.472 e. The summed E-state index contributed by atoms with van der Waals surface area (Å²) in [4.78, 5) is 14.3. The van der Waals surface area contributed by atoms with Crippen LogP contribution in [0.5, 0.6) is 0 Å². The highest BCUT2D eigenvalue weighted by Gasteiger charge is 2.06. The van der Waals surface area contributed by atoms with Crippen LogP contribution in [-0.4, -0.2) is 12.6 Å². The number of urea groups is 1. The van der Waals surface area contributed by atoms with E-state index in [4.69, 9.17) is 4.42 Å². The van der Waals surface area contributed by atoms with Crippen molar-refractivity contribution in [2.75, 3.05) is 11.9 Å². The number of carbonyl (C=O) groups excluding carboxylic acids is 1. The standard InChI is InChI=1S/C18H18N2O2S/c1-13-4-2-3-5-16(13)20-18(21)19-10-8-15-6-7-17(23-15)14-9-11-22-12-14/h2-7,9,11-12H,8,10H2,1H3,(H2,19,20,21). The van der Waals surface area contributed by atoms with Gasteiger partial charge in [0.1, 0.15) is 0 Å². The lowest BCUT2D eigenvalue weighted by Crippen LogP contribution is -2.30. The second-order valence-corrected chi connectivity index (χ2v) is 6.39. The molecule has 0 saturated heterocycles. The quantitative estimate of drug-likeness (QED) is 0.715. The molecule has 0 aliphatic rings. The highest BCUT2D eigenvalue weighted by molar-refractivity contribution is 7.15. The lowest BCUT2D eigenvalue weighted by Gasteiger charge is -2.09. The molecule has 1 aromatic carbocycles. The first-order valence-corrected chi connectivity index (χ1v) is 8.26. The monoisotopic (exact) mass is 326 g/mol. The van der Waals surface area contributed by atoms with Crippen LogP contribution in [0.25, 0.3) is 10.4 Å². The van der Waals surface area contributed by atoms with Gasteiger partial charge in [-0.1, -0.05) is 18.2 Å². The maximum atomic E-state index is 11.9. The SMILES string of the molecule is Cc1ccccc1NC(=O)NCCc1ccc(-c2ccoc2)s1. The highest BCUT2D eigenvalue weighted by Crippen LogP contribution is 2.28. The Labute approximate surface area is 139 Å². The Morgan fingerprint density at radius 3 is 2.83 bits per heavy atom. The Hall–Kier alpha value is -2.53. The number of para-hydroxylation sites is 1. The molecule has 3 rings (SSSR count). The van der Waals surface area contributed by atoms with Crippen molar-refractivity contribution in [1.82, 2.24) is 5.32 Å². The summed E-state index contributed by atoms with van der Waals surface area (Å²) >= 11 is 1.72. The summed E-state index contributed by atoms with van der Waals surface area (Å²) in [5.41, 5.74) is 2.97. The lowest BCUT2D eigenvalue weighted by molar-refractivity contribution is 0.252. The number of rotatable bonds is 5. The fourth-order valence-electron chi connectivity index (χ4n) is 2.25. The number of amides is 2. The number of furan rings is 1. The predicted octanol–water partition coefficient (Wildman–Crippen LogP) is 4.68. The summed E-state index contributed by atoms with van der Waals surface area (Å²) in [6.07, 6.45) is 4.22. The van der Waals surface area contributed by atoms with Gasteiger partial charge in [0.05, 0.1) is 12.5 Å². The molecule has 0 saturated carbocycles. The number of benzene rings is 1. The topological polar surface area (TPSA) is 54.3 Å². The molecule has 4 nitrogen and oxygen atoms in total. The van der Waals surface area contributed by atoms with Gasteiger partial charge < -0.3 is 15.1 Å². The van der Waals surface area contributed by atoms with Crippen LogP contribution in [0, 0.1) is 6.92 Å². The molecule has 2 N–H and O–H groups in total. The third-order valence-electron chi connectivity index (χ3n) is 3.52. The van der Waals surface area contributed by atoms with Gasteiger partial charge in [-0.3, -0.25) is 0 Å². The van der Waals surface area contributed by atoms with Gasteiger partial charge in [-0.25, -0.2) is 4.79 Å². The largest absolute Gasteiger partial charge is 0.472 e. The van der Waals surface area contributed by atoms with Crippen molar-refractivity contribution in [3.05, 3.63) is 65.4 Å². The zero-order valence-electron chi connectivity index (χ0n) is 12.8. The van der Waals surface area contributed by atoms with Crippen molar-refractivity contribution in [3.63, 3.8) is 0 Å². The van der Waals surface area contributed by atoms with Crippen LogP contribution >= 0.6 is 11.3 Å². The first-order valence-electron chi connectivity index (χ1n) is 7.44. The van der Waals surface area contributed by atoms with Gasteiger partial charge in [-0.2, -0.15) is 0 Å². The van der Waals surface area contributed by atoms with E-state index in [-0.39, 0.29) is 6.03 Å². The van der Waals surface area contributed by atoms with E-state index in [9.17, 15) is 4.79 Å². The van der Waals surface area contributed by atoms with Gasteiger partial charge in [-0.05, 0) is 43.2 Å². The molecule has 0 atom stereocenters. The third-order valence-corrected chi connectivity index (χ3v) is 4.71. The van der Waals surface area contributed by atoms with Gasteiger partial charge in [0.25, 0.3) is 0 Å². The van der Waals surface area contributed by atoms with E-state index in [1.165, 1.54) is 9.75 Å². The third kappa shape index (κ3) is 4.02. The summed E-state index contributed by atoms with van der Waals surface area (Å²) in [5.74, 6) is 0. The zero-order chi connectivity index (χ0) is 16.1. The second-order valence-electron chi connectivity index (χ2n) is 5.22. The summed E-state index contributed by atoms with van der Waals surface area (Å²) in [6.45, 7) is 2.57. The van der Waals surface area contributed by atoms with Crippen molar-refractivity contribution in [3.8, 4) is 10.4 Å². The molecular formula is C18H18N2O2S. The predicted molar refractivity (Wildman–Crippen MR) is 93.9 cm³/mol. The summed E-state index contributed by atoms with van der Waals surface area (Å²) < 4.78 is 5.10. The number of carbonyl (C=O) groups is 1. The molecule has 0 radical (unpaired) electrons. The molecule has 23 heavy (non-hydrogen) atoms. The molecule has 2 aromatic heterocycles. The zero-order valence-corrected chi connectivity index (χ0v) is 13.7. The van der Waals surface area contributed by atoms with E-state index in [2.05, 4.69) is 22.8 Å². The van der Waals surface area contributed by atoms with Gasteiger partial charge in [-0.15, -0.1) is 11.3 Å². The Morgan fingerprint density at radius 2 is 2.04 bits per heavy atom. The number of hydrogen-bond donors (Lipinski definition) is 2. The van der Waals surface area contributed by atoms with Crippen LogP contribution in [0.15, 0.2) is 59.4 Å². The van der Waals surface area contributed by atoms with Crippen LogP contribution in [0.1, 0.15) is 10.4 Å². The molecule has 118 valence electrons. The first-order chi connectivity index (χ1) is 11.2. The number of nitrogens with one attached hydrogen (secondary N) is 2. The van der Waals surface area contributed by atoms with E-state index in [1.807, 2.05) is 37.3 Å². The fourth-order valence-corrected chi connectivity index (χ4v) is 3.24. The lowest BCUT2D eigenvalue weighted by atomic mass is 10.2. The minimum atomic E-state index is -0.175. The van der Waals surface area contributed by atoms with Gasteiger partial charge >= 0.3 is 6.03 Å². The average Bonchev–Trinajstić information content (AvgIpc) is 3.20. The maximum Gasteiger partial charge on any atom is 0.319 e. The Morgan fingerprint density at radius 1 is 1.17 bits per heavy atom. The van der Waals surface area contributed by atoms with Crippen molar-refractivity contribution < 1.29 is 9.21 Å². The first kappa shape index (κ1) is 15.4. The minimum absolute atomic E-state index is 0.175. The number of anilines is 1. The number of aryl methyl sites for hydroxylation is 1. The van der Waals surface area contributed by atoms with E-state index >= 15 is 0 Å². The van der Waals surface area contributed by atoms with E-state index < -0.39 is 0 Å². The Balaban J connectivity index is 1.48. The normalized spacial score (nSPS) is 10.5. The molecule has 0 aliphatic heterocycles. The molecule has 2 heterocycles. The molecule has 0 unspecified atom stereocenters. The molecule has 0 bridgehead atoms. The smallest absolute Gasteiger partial charge is 0.319 e. The van der Waals surface area contributed by atoms with Crippen LogP contribution in [-0.2, 0) is 6.42 Å². The van der Waals surface area contributed by atoms with Gasteiger partial charge in [0.2, 0.25) is 0 Å². The average molecular weight is 326 g/mol. The van der Waals surface area contributed by atoms with Crippen molar-refractivity contribution in [2.45, 2.75) is 13.3 Å². The fraction of sp³-hybridized carbons (Fsp3) is 0.167. The summed E-state index contributed by atoms with van der Waals surface area (Å²) in [7, 11) is 0. The number of thiophene rings is 1. The maximum absolute atomic E-state index is 11.9. The summed E-state index contributed by atoms with van der Waals surface area (Å²) in [6, 6.07) is 13.7. The molecule has 3 aromatic rings. The van der Waals surface area contributed by atoms with Crippen molar-refractivity contribution >= 4 is 23.1 Å². The van der Waals surface area contributed by atoms with Crippen molar-refractivity contribution in [2.24, 2.45) is 0 Å².